The molecule has 0 N–H and O–H groups in total. The van der Waals surface area contributed by atoms with Crippen molar-refractivity contribution >= 4 is 29.4 Å². The first-order chi connectivity index (χ1) is 13.5. The largest absolute Gasteiger partial charge is 0.354 e. The van der Waals surface area contributed by atoms with Crippen molar-refractivity contribution in [2.24, 2.45) is 0 Å². The first kappa shape index (κ1) is 18.1. The third-order valence-electron chi connectivity index (χ3n) is 5.03. The summed E-state index contributed by atoms with van der Waals surface area (Å²) >= 11 is 0. The predicted octanol–water partition coefficient (Wildman–Crippen LogP) is 1.46. The van der Waals surface area contributed by atoms with Crippen LogP contribution in [0.4, 0.5) is 16.3 Å². The van der Waals surface area contributed by atoms with Crippen LogP contribution in [0.2, 0.25) is 0 Å². The summed E-state index contributed by atoms with van der Waals surface area (Å²) in [7, 11) is 0. The van der Waals surface area contributed by atoms with Gasteiger partial charge < -0.3 is 4.90 Å². The quantitative estimate of drug-likeness (QED) is 0.591. The molecule has 2 aliphatic heterocycles. The molecule has 2 aromatic rings. The number of amides is 4. The highest BCUT2D eigenvalue weighted by Gasteiger charge is 2.46. The van der Waals surface area contributed by atoms with Crippen molar-refractivity contribution in [3.05, 3.63) is 54.2 Å². The minimum Gasteiger partial charge on any atom is -0.354 e. The maximum absolute atomic E-state index is 12.7. The van der Waals surface area contributed by atoms with Gasteiger partial charge >= 0.3 is 17.8 Å². The SMILES string of the molecule is Cc1ccc(N2C(=O)C(=O)N(CN3CCN(c4ccccn4)CC3)C2=O)cc1. The summed E-state index contributed by atoms with van der Waals surface area (Å²) in [5.74, 6) is -0.671. The van der Waals surface area contributed by atoms with Gasteiger partial charge in [0.25, 0.3) is 0 Å². The number of piperazine rings is 1. The van der Waals surface area contributed by atoms with Crippen LogP contribution < -0.4 is 9.80 Å². The summed E-state index contributed by atoms with van der Waals surface area (Å²) in [4.78, 5) is 48.0. The van der Waals surface area contributed by atoms with E-state index in [4.69, 9.17) is 0 Å². The van der Waals surface area contributed by atoms with Crippen LogP contribution in [0.25, 0.3) is 0 Å². The van der Waals surface area contributed by atoms with Gasteiger partial charge in [-0.3, -0.25) is 14.5 Å². The van der Waals surface area contributed by atoms with Crippen LogP contribution in [0.15, 0.2) is 48.7 Å². The van der Waals surface area contributed by atoms with Gasteiger partial charge in [0.2, 0.25) is 0 Å². The zero-order chi connectivity index (χ0) is 19.7. The van der Waals surface area contributed by atoms with Gasteiger partial charge in [-0.05, 0) is 31.2 Å². The molecule has 0 bridgehead atoms. The normalized spacial score (nSPS) is 18.3. The molecule has 2 saturated heterocycles. The van der Waals surface area contributed by atoms with E-state index in [0.29, 0.717) is 18.8 Å². The van der Waals surface area contributed by atoms with Crippen LogP contribution in [0.5, 0.6) is 0 Å². The van der Waals surface area contributed by atoms with E-state index in [1.807, 2.05) is 30.0 Å². The Morgan fingerprint density at radius 2 is 1.61 bits per heavy atom. The van der Waals surface area contributed by atoms with Crippen LogP contribution in [-0.2, 0) is 9.59 Å². The highest BCUT2D eigenvalue weighted by atomic mass is 16.2. The van der Waals surface area contributed by atoms with Crippen LogP contribution in [0.1, 0.15) is 5.56 Å². The van der Waals surface area contributed by atoms with E-state index in [0.717, 1.165) is 34.3 Å². The second-order valence-corrected chi connectivity index (χ2v) is 6.93. The van der Waals surface area contributed by atoms with Gasteiger partial charge in [0.1, 0.15) is 5.82 Å². The van der Waals surface area contributed by atoms with Crippen LogP contribution >= 0.6 is 0 Å². The summed E-state index contributed by atoms with van der Waals surface area (Å²) in [5, 5.41) is 0. The number of rotatable bonds is 4. The first-order valence-corrected chi connectivity index (χ1v) is 9.19. The highest BCUT2D eigenvalue weighted by molar-refractivity contribution is 6.52. The smallest absolute Gasteiger partial charge is 0.340 e. The van der Waals surface area contributed by atoms with Gasteiger partial charge in [-0.2, -0.15) is 0 Å². The zero-order valence-electron chi connectivity index (χ0n) is 15.6. The maximum atomic E-state index is 12.7. The maximum Gasteiger partial charge on any atom is 0.340 e. The van der Waals surface area contributed by atoms with E-state index in [2.05, 4.69) is 9.88 Å². The second-order valence-electron chi connectivity index (χ2n) is 6.93. The molecule has 0 spiro atoms. The number of hydrogen-bond donors (Lipinski definition) is 0. The third kappa shape index (κ3) is 3.34. The molecule has 8 nitrogen and oxygen atoms in total. The standard InChI is InChI=1S/C20H21N5O3/c1-15-5-7-16(8-6-15)25-19(27)18(26)24(20(25)28)14-22-10-12-23(13-11-22)17-4-2-3-9-21-17/h2-9H,10-14H2,1H3. The fraction of sp³-hybridized carbons (Fsp3) is 0.300. The molecule has 0 aliphatic carbocycles. The van der Waals surface area contributed by atoms with Crippen molar-refractivity contribution < 1.29 is 14.4 Å². The molecule has 0 radical (unpaired) electrons. The Bertz CT molecular complexity index is 892. The fourth-order valence-corrected chi connectivity index (χ4v) is 3.41. The average Bonchev–Trinajstić information content (AvgIpc) is 2.93. The minimum atomic E-state index is -0.805. The molecule has 8 heteroatoms. The Hall–Kier alpha value is -3.26. The van der Waals surface area contributed by atoms with Crippen LogP contribution in [0, 0.1) is 6.92 Å². The summed E-state index contributed by atoms with van der Waals surface area (Å²) in [6, 6.07) is 12.1. The topological polar surface area (TPSA) is 77.1 Å². The molecule has 0 atom stereocenters. The minimum absolute atomic E-state index is 0.113. The number of imide groups is 2. The molecule has 0 unspecified atom stereocenters. The Morgan fingerprint density at radius 3 is 2.25 bits per heavy atom. The van der Waals surface area contributed by atoms with Crippen molar-refractivity contribution in [2.45, 2.75) is 6.92 Å². The van der Waals surface area contributed by atoms with Gasteiger partial charge in [-0.15, -0.1) is 0 Å². The number of aryl methyl sites for hydroxylation is 1. The lowest BCUT2D eigenvalue weighted by atomic mass is 10.2. The van der Waals surface area contributed by atoms with Gasteiger partial charge in [0.15, 0.2) is 0 Å². The van der Waals surface area contributed by atoms with Crippen molar-refractivity contribution in [3.63, 3.8) is 0 Å². The van der Waals surface area contributed by atoms with Crippen molar-refractivity contribution in [1.82, 2.24) is 14.8 Å². The number of hydrogen-bond acceptors (Lipinski definition) is 6. The molecule has 4 rings (SSSR count). The number of pyridine rings is 1. The summed E-state index contributed by atoms with van der Waals surface area (Å²) in [5.41, 5.74) is 1.42. The third-order valence-corrected chi connectivity index (χ3v) is 5.03. The van der Waals surface area contributed by atoms with E-state index in [9.17, 15) is 14.4 Å². The van der Waals surface area contributed by atoms with Gasteiger partial charge in [-0.25, -0.2) is 19.6 Å². The molecular formula is C20H21N5O3. The van der Waals surface area contributed by atoms with Gasteiger partial charge in [0.05, 0.1) is 12.4 Å². The van der Waals surface area contributed by atoms with E-state index < -0.39 is 17.8 Å². The molecule has 28 heavy (non-hydrogen) atoms. The number of nitrogens with zero attached hydrogens (tertiary/aromatic N) is 5. The lowest BCUT2D eigenvalue weighted by Crippen LogP contribution is -2.51. The Morgan fingerprint density at radius 1 is 0.893 bits per heavy atom. The van der Waals surface area contributed by atoms with E-state index in [1.54, 1.807) is 30.5 Å². The molecule has 0 saturated carbocycles. The van der Waals surface area contributed by atoms with E-state index in [-0.39, 0.29) is 6.67 Å². The molecule has 2 aliphatic rings. The van der Waals surface area contributed by atoms with Crippen molar-refractivity contribution in [3.8, 4) is 0 Å². The number of benzene rings is 1. The number of urea groups is 1. The monoisotopic (exact) mass is 379 g/mol. The lowest BCUT2D eigenvalue weighted by molar-refractivity contribution is -0.140. The van der Waals surface area contributed by atoms with Crippen molar-refractivity contribution in [1.29, 1.82) is 0 Å². The molecule has 4 amide bonds. The summed E-state index contributed by atoms with van der Waals surface area (Å²) in [6.07, 6.45) is 1.76. The fourth-order valence-electron chi connectivity index (χ4n) is 3.41. The molecule has 2 fully saturated rings. The van der Waals surface area contributed by atoms with Crippen LogP contribution in [-0.4, -0.2) is 65.5 Å². The van der Waals surface area contributed by atoms with Gasteiger partial charge in [-0.1, -0.05) is 23.8 Å². The number of aromatic nitrogens is 1. The average molecular weight is 379 g/mol. The molecule has 3 heterocycles. The Labute approximate surface area is 163 Å². The number of carbonyl (C=O) groups is 3. The molecule has 1 aromatic heterocycles. The first-order valence-electron chi connectivity index (χ1n) is 9.19. The van der Waals surface area contributed by atoms with Crippen LogP contribution in [0.3, 0.4) is 0 Å². The Kier molecular flexibility index (Phi) is 4.79. The van der Waals surface area contributed by atoms with Crippen molar-refractivity contribution in [2.75, 3.05) is 42.6 Å². The molecule has 1 aromatic carbocycles. The Balaban J connectivity index is 1.41. The van der Waals surface area contributed by atoms with E-state index >= 15 is 0 Å². The molecular weight excluding hydrogens is 358 g/mol. The summed E-state index contributed by atoms with van der Waals surface area (Å²) < 4.78 is 0. The lowest BCUT2D eigenvalue weighted by Gasteiger charge is -2.36. The predicted molar refractivity (Wildman–Crippen MR) is 104 cm³/mol. The summed E-state index contributed by atoms with van der Waals surface area (Å²) in [6.45, 7) is 4.85. The zero-order valence-corrected chi connectivity index (χ0v) is 15.6. The highest BCUT2D eigenvalue weighted by Crippen LogP contribution is 2.23. The molecule has 144 valence electrons. The second kappa shape index (κ2) is 7.40. The van der Waals surface area contributed by atoms with E-state index in [1.165, 1.54) is 0 Å². The number of carbonyl (C=O) groups excluding carboxylic acids is 3. The number of anilines is 2. The van der Waals surface area contributed by atoms with Gasteiger partial charge in [0, 0.05) is 32.4 Å².